The van der Waals surface area contributed by atoms with Crippen LogP contribution in [0.25, 0.3) is 10.9 Å². The predicted octanol–water partition coefficient (Wildman–Crippen LogP) is 0.916. The molecule has 0 spiro atoms. The molecule has 2 heterocycles. The number of rotatable bonds is 2. The van der Waals surface area contributed by atoms with Crippen molar-refractivity contribution in [2.75, 3.05) is 13.7 Å². The van der Waals surface area contributed by atoms with E-state index in [9.17, 15) is 14.7 Å². The number of aliphatic hydroxyl groups is 1. The number of nitrogens with one attached hydrogen (secondary N) is 1. The van der Waals surface area contributed by atoms with Crippen LogP contribution in [0.4, 0.5) is 0 Å². The van der Waals surface area contributed by atoms with Crippen LogP contribution < -0.4 is 0 Å². The maximum atomic E-state index is 12.6. The first kappa shape index (κ1) is 13.6. The molecule has 1 aromatic heterocycles. The zero-order chi connectivity index (χ0) is 15.0. The number of likely N-dealkylation sites (tertiary alicyclic amines) is 1. The van der Waals surface area contributed by atoms with E-state index in [1.165, 1.54) is 12.0 Å². The lowest BCUT2D eigenvalue weighted by Gasteiger charge is -2.21. The molecule has 2 N–H and O–H groups in total. The Morgan fingerprint density at radius 1 is 1.38 bits per heavy atom. The van der Waals surface area contributed by atoms with Gasteiger partial charge in [0, 0.05) is 23.9 Å². The van der Waals surface area contributed by atoms with Crippen LogP contribution in [0.1, 0.15) is 16.9 Å². The summed E-state index contributed by atoms with van der Waals surface area (Å²) in [7, 11) is 1.28. The summed E-state index contributed by atoms with van der Waals surface area (Å²) in [6, 6.07) is 8.56. The second-order valence-electron chi connectivity index (χ2n) is 5.16. The quantitative estimate of drug-likeness (QED) is 0.805. The number of aromatic amines is 1. The lowest BCUT2D eigenvalue weighted by Crippen LogP contribution is -2.41. The first-order chi connectivity index (χ1) is 10.1. The van der Waals surface area contributed by atoms with E-state index in [4.69, 9.17) is 4.74 Å². The SMILES string of the molecule is COC(=O)C1CC(O)CN1C(=O)c1cc2ccccc2[nH]1. The standard InChI is InChI=1S/C15H16N2O4/c1-21-15(20)13-7-10(18)8-17(13)14(19)12-6-9-4-2-3-5-11(9)16-12/h2-6,10,13,16,18H,7-8H2,1H3. The smallest absolute Gasteiger partial charge is 0.328 e. The van der Waals surface area contributed by atoms with Crippen LogP contribution >= 0.6 is 0 Å². The summed E-state index contributed by atoms with van der Waals surface area (Å²) in [4.78, 5) is 28.7. The van der Waals surface area contributed by atoms with Gasteiger partial charge < -0.3 is 19.7 Å². The summed E-state index contributed by atoms with van der Waals surface area (Å²) < 4.78 is 4.70. The summed E-state index contributed by atoms with van der Waals surface area (Å²) in [5, 5.41) is 10.7. The van der Waals surface area contributed by atoms with Crippen LogP contribution in [-0.2, 0) is 9.53 Å². The maximum Gasteiger partial charge on any atom is 0.328 e. The van der Waals surface area contributed by atoms with Gasteiger partial charge in [-0.25, -0.2) is 4.79 Å². The second-order valence-corrected chi connectivity index (χ2v) is 5.16. The number of carbonyl (C=O) groups excluding carboxylic acids is 2. The van der Waals surface area contributed by atoms with E-state index in [-0.39, 0.29) is 18.9 Å². The first-order valence-electron chi connectivity index (χ1n) is 6.74. The molecule has 2 unspecified atom stereocenters. The number of β-amino-alcohol motifs (C(OH)–C–C–N with tert-alkyl or cyclic N) is 1. The molecule has 0 bridgehead atoms. The molecule has 0 aliphatic carbocycles. The highest BCUT2D eigenvalue weighted by atomic mass is 16.5. The van der Waals surface area contributed by atoms with Gasteiger partial charge in [0.15, 0.2) is 0 Å². The zero-order valence-electron chi connectivity index (χ0n) is 11.6. The summed E-state index contributed by atoms with van der Waals surface area (Å²) in [6.07, 6.45) is -0.499. The molecular weight excluding hydrogens is 272 g/mol. The van der Waals surface area contributed by atoms with E-state index < -0.39 is 18.1 Å². The third-order valence-corrected chi connectivity index (χ3v) is 3.77. The third-order valence-electron chi connectivity index (χ3n) is 3.77. The van der Waals surface area contributed by atoms with Crippen molar-refractivity contribution in [2.45, 2.75) is 18.6 Å². The number of esters is 1. The fourth-order valence-corrected chi connectivity index (χ4v) is 2.74. The number of para-hydroxylation sites is 1. The number of amides is 1. The fourth-order valence-electron chi connectivity index (χ4n) is 2.74. The van der Waals surface area contributed by atoms with Crippen molar-refractivity contribution in [1.82, 2.24) is 9.88 Å². The summed E-state index contributed by atoms with van der Waals surface area (Å²) in [6.45, 7) is 0.133. The molecular formula is C15H16N2O4. The van der Waals surface area contributed by atoms with Gasteiger partial charge in [-0.05, 0) is 12.1 Å². The number of hydrogen-bond acceptors (Lipinski definition) is 4. The van der Waals surface area contributed by atoms with Gasteiger partial charge in [0.25, 0.3) is 5.91 Å². The van der Waals surface area contributed by atoms with Crippen LogP contribution in [0.2, 0.25) is 0 Å². The van der Waals surface area contributed by atoms with E-state index in [1.54, 1.807) is 6.07 Å². The minimum atomic E-state index is -0.732. The number of benzene rings is 1. The highest BCUT2D eigenvalue weighted by Crippen LogP contribution is 2.23. The molecule has 3 rings (SSSR count). The Morgan fingerprint density at radius 2 is 2.14 bits per heavy atom. The van der Waals surface area contributed by atoms with Crippen LogP contribution in [0.3, 0.4) is 0 Å². The van der Waals surface area contributed by atoms with Gasteiger partial charge in [-0.2, -0.15) is 0 Å². The minimum absolute atomic E-state index is 0.133. The first-order valence-corrected chi connectivity index (χ1v) is 6.74. The third kappa shape index (κ3) is 2.38. The van der Waals surface area contributed by atoms with E-state index in [1.807, 2.05) is 24.3 Å². The van der Waals surface area contributed by atoms with Crippen molar-refractivity contribution in [2.24, 2.45) is 0 Å². The van der Waals surface area contributed by atoms with Gasteiger partial charge in [0.2, 0.25) is 0 Å². The number of aliphatic hydroxyl groups excluding tert-OH is 1. The van der Waals surface area contributed by atoms with Crippen molar-refractivity contribution < 1.29 is 19.4 Å². The predicted molar refractivity (Wildman–Crippen MR) is 75.8 cm³/mol. The lowest BCUT2D eigenvalue weighted by molar-refractivity contribution is -0.145. The van der Waals surface area contributed by atoms with Crippen LogP contribution in [-0.4, -0.2) is 52.7 Å². The number of hydrogen-bond donors (Lipinski definition) is 2. The number of fused-ring (bicyclic) bond motifs is 1. The summed E-state index contributed by atoms with van der Waals surface area (Å²) in [5.74, 6) is -0.811. The lowest BCUT2D eigenvalue weighted by atomic mass is 10.2. The molecule has 0 saturated carbocycles. The molecule has 6 nitrogen and oxygen atoms in total. The molecule has 2 aromatic rings. The Balaban J connectivity index is 1.91. The summed E-state index contributed by atoms with van der Waals surface area (Å²) >= 11 is 0. The fraction of sp³-hybridized carbons (Fsp3) is 0.333. The number of ether oxygens (including phenoxy) is 1. The van der Waals surface area contributed by atoms with Gasteiger partial charge in [-0.1, -0.05) is 18.2 Å². The zero-order valence-corrected chi connectivity index (χ0v) is 11.6. The van der Waals surface area contributed by atoms with Gasteiger partial charge in [-0.3, -0.25) is 4.79 Å². The molecule has 2 atom stereocenters. The van der Waals surface area contributed by atoms with Gasteiger partial charge in [-0.15, -0.1) is 0 Å². The minimum Gasteiger partial charge on any atom is -0.467 e. The molecule has 1 aromatic carbocycles. The summed E-state index contributed by atoms with van der Waals surface area (Å²) in [5.41, 5.74) is 1.26. The Labute approximate surface area is 121 Å². The number of methoxy groups -OCH3 is 1. The van der Waals surface area contributed by atoms with Crippen LogP contribution in [0.15, 0.2) is 30.3 Å². The molecule has 6 heteroatoms. The Kier molecular flexibility index (Phi) is 3.39. The molecule has 110 valence electrons. The number of H-pyrrole nitrogens is 1. The van der Waals surface area contributed by atoms with Crippen molar-refractivity contribution >= 4 is 22.8 Å². The average Bonchev–Trinajstić information content (AvgIpc) is 3.09. The van der Waals surface area contributed by atoms with Crippen LogP contribution in [0, 0.1) is 0 Å². The largest absolute Gasteiger partial charge is 0.467 e. The van der Waals surface area contributed by atoms with Crippen molar-refractivity contribution in [3.05, 3.63) is 36.0 Å². The molecule has 0 radical (unpaired) electrons. The van der Waals surface area contributed by atoms with Crippen molar-refractivity contribution in [1.29, 1.82) is 0 Å². The maximum absolute atomic E-state index is 12.6. The van der Waals surface area contributed by atoms with Gasteiger partial charge >= 0.3 is 5.97 Å². The molecule has 21 heavy (non-hydrogen) atoms. The van der Waals surface area contributed by atoms with E-state index >= 15 is 0 Å². The van der Waals surface area contributed by atoms with Gasteiger partial charge in [0.05, 0.1) is 13.2 Å². The Bertz CT molecular complexity index is 661. The molecule has 1 aliphatic heterocycles. The highest BCUT2D eigenvalue weighted by molar-refractivity contribution is 6.00. The van der Waals surface area contributed by atoms with E-state index in [2.05, 4.69) is 4.98 Å². The highest BCUT2D eigenvalue weighted by Gasteiger charge is 2.40. The number of nitrogens with zero attached hydrogens (tertiary/aromatic N) is 1. The number of carbonyl (C=O) groups is 2. The normalized spacial score (nSPS) is 21.7. The molecule has 1 amide bonds. The van der Waals surface area contributed by atoms with Crippen molar-refractivity contribution in [3.8, 4) is 0 Å². The van der Waals surface area contributed by atoms with E-state index in [0.717, 1.165) is 10.9 Å². The molecule has 1 aliphatic rings. The van der Waals surface area contributed by atoms with E-state index in [0.29, 0.717) is 5.69 Å². The van der Waals surface area contributed by atoms with Gasteiger partial charge in [0.1, 0.15) is 11.7 Å². The molecule has 1 saturated heterocycles. The average molecular weight is 288 g/mol. The second kappa shape index (κ2) is 5.21. The number of aromatic nitrogens is 1. The molecule has 1 fully saturated rings. The van der Waals surface area contributed by atoms with Crippen LogP contribution in [0.5, 0.6) is 0 Å². The Hall–Kier alpha value is -2.34. The topological polar surface area (TPSA) is 82.6 Å². The van der Waals surface area contributed by atoms with Crippen molar-refractivity contribution in [3.63, 3.8) is 0 Å². The monoisotopic (exact) mass is 288 g/mol. The Morgan fingerprint density at radius 3 is 2.86 bits per heavy atom.